The molecule has 1 fully saturated rings. The number of carbonyl (C=O) groups excluding carboxylic acids is 1. The molecule has 0 saturated carbocycles. The molecule has 0 atom stereocenters. The lowest BCUT2D eigenvalue weighted by Crippen LogP contribution is -2.38. The number of morpholine rings is 1. The third kappa shape index (κ3) is 7.26. The van der Waals surface area contributed by atoms with Crippen LogP contribution >= 0.6 is 23.4 Å². The first-order valence-electron chi connectivity index (χ1n) is 9.11. The van der Waals surface area contributed by atoms with Gasteiger partial charge in [0.05, 0.1) is 19.0 Å². The van der Waals surface area contributed by atoms with Crippen LogP contribution in [0.5, 0.6) is 0 Å². The first-order chi connectivity index (χ1) is 12.6. The summed E-state index contributed by atoms with van der Waals surface area (Å²) in [6.45, 7) is 11.0. The van der Waals surface area contributed by atoms with Crippen molar-refractivity contribution in [1.82, 2.24) is 20.2 Å². The largest absolute Gasteiger partial charge is 0.379 e. The molecule has 26 heavy (non-hydrogen) atoms. The number of halogens is 1. The SMILES string of the molecule is CCN(CC)c1cc(Cl)nc(SCC(=O)NCCCN2CCOCC2)n1. The van der Waals surface area contributed by atoms with Crippen LogP contribution in [0, 0.1) is 0 Å². The quantitative estimate of drug-likeness (QED) is 0.278. The van der Waals surface area contributed by atoms with Gasteiger partial charge in [0.2, 0.25) is 5.91 Å². The predicted molar refractivity (Wildman–Crippen MR) is 106 cm³/mol. The highest BCUT2D eigenvalue weighted by molar-refractivity contribution is 7.99. The van der Waals surface area contributed by atoms with E-state index in [-0.39, 0.29) is 11.7 Å². The van der Waals surface area contributed by atoms with Crippen LogP contribution in [-0.4, -0.2) is 79.0 Å². The number of thioether (sulfide) groups is 1. The zero-order valence-corrected chi connectivity index (χ0v) is 17.1. The molecule has 2 rings (SSSR count). The van der Waals surface area contributed by atoms with Crippen molar-refractivity contribution in [2.75, 3.05) is 63.1 Å². The van der Waals surface area contributed by atoms with Crippen molar-refractivity contribution in [3.8, 4) is 0 Å². The lowest BCUT2D eigenvalue weighted by atomic mass is 10.3. The number of hydrogen-bond acceptors (Lipinski definition) is 7. The van der Waals surface area contributed by atoms with Crippen molar-refractivity contribution >= 4 is 35.1 Å². The molecule has 2 heterocycles. The van der Waals surface area contributed by atoms with Crippen LogP contribution < -0.4 is 10.2 Å². The molecule has 1 saturated heterocycles. The Labute approximate surface area is 164 Å². The molecule has 1 aromatic rings. The van der Waals surface area contributed by atoms with Gasteiger partial charge in [-0.25, -0.2) is 9.97 Å². The second-order valence-corrected chi connectivity index (χ2v) is 7.28. The molecule has 1 aliphatic rings. The van der Waals surface area contributed by atoms with Crippen LogP contribution in [-0.2, 0) is 9.53 Å². The summed E-state index contributed by atoms with van der Waals surface area (Å²) in [6.07, 6.45) is 0.941. The van der Waals surface area contributed by atoms with Gasteiger partial charge in [0.1, 0.15) is 11.0 Å². The van der Waals surface area contributed by atoms with Gasteiger partial charge in [-0.15, -0.1) is 0 Å². The summed E-state index contributed by atoms with van der Waals surface area (Å²) in [5.74, 6) is 1.07. The van der Waals surface area contributed by atoms with Crippen LogP contribution in [0.25, 0.3) is 0 Å². The summed E-state index contributed by atoms with van der Waals surface area (Å²) in [6, 6.07) is 1.75. The number of ether oxygens (including phenoxy) is 1. The van der Waals surface area contributed by atoms with Crippen LogP contribution in [0.15, 0.2) is 11.2 Å². The predicted octanol–water partition coefficient (Wildman–Crippen LogP) is 1.91. The van der Waals surface area contributed by atoms with Gasteiger partial charge in [-0.05, 0) is 26.8 Å². The molecular formula is C17H28ClN5O2S. The van der Waals surface area contributed by atoms with Crippen LogP contribution in [0.3, 0.4) is 0 Å². The van der Waals surface area contributed by atoms with E-state index in [2.05, 4.69) is 38.9 Å². The molecule has 0 unspecified atom stereocenters. The molecule has 0 radical (unpaired) electrons. The van der Waals surface area contributed by atoms with E-state index in [9.17, 15) is 4.79 Å². The Morgan fingerprint density at radius 3 is 2.77 bits per heavy atom. The lowest BCUT2D eigenvalue weighted by molar-refractivity contribution is -0.118. The minimum absolute atomic E-state index is 0.00931. The highest BCUT2D eigenvalue weighted by Gasteiger charge is 2.12. The minimum Gasteiger partial charge on any atom is -0.379 e. The summed E-state index contributed by atoms with van der Waals surface area (Å²) in [7, 11) is 0. The monoisotopic (exact) mass is 401 g/mol. The van der Waals surface area contributed by atoms with Gasteiger partial charge in [-0.2, -0.15) is 0 Å². The van der Waals surface area contributed by atoms with Crippen molar-refractivity contribution in [1.29, 1.82) is 0 Å². The Hall–Kier alpha value is -1.09. The summed E-state index contributed by atoms with van der Waals surface area (Å²) >= 11 is 7.40. The Bertz CT molecular complexity index is 568. The number of hydrogen-bond donors (Lipinski definition) is 1. The fraction of sp³-hybridized carbons (Fsp3) is 0.706. The average molecular weight is 402 g/mol. The van der Waals surface area contributed by atoms with Gasteiger partial charge in [-0.3, -0.25) is 9.69 Å². The zero-order valence-electron chi connectivity index (χ0n) is 15.5. The number of rotatable bonds is 10. The molecule has 0 aliphatic carbocycles. The summed E-state index contributed by atoms with van der Waals surface area (Å²) in [4.78, 5) is 25.2. The van der Waals surface area contributed by atoms with Crippen LogP contribution in [0.1, 0.15) is 20.3 Å². The fourth-order valence-corrected chi connectivity index (χ4v) is 3.61. The van der Waals surface area contributed by atoms with E-state index in [0.717, 1.165) is 58.2 Å². The number of aromatic nitrogens is 2. The molecule has 7 nitrogen and oxygen atoms in total. The Kier molecular flexibility index (Phi) is 9.45. The Morgan fingerprint density at radius 2 is 2.08 bits per heavy atom. The Morgan fingerprint density at radius 1 is 1.35 bits per heavy atom. The van der Waals surface area contributed by atoms with Gasteiger partial charge in [0.25, 0.3) is 0 Å². The van der Waals surface area contributed by atoms with E-state index in [4.69, 9.17) is 16.3 Å². The molecular weight excluding hydrogens is 374 g/mol. The topological polar surface area (TPSA) is 70.6 Å². The first-order valence-corrected chi connectivity index (χ1v) is 10.5. The second-order valence-electron chi connectivity index (χ2n) is 5.95. The summed E-state index contributed by atoms with van der Waals surface area (Å²) in [5, 5.41) is 3.88. The average Bonchev–Trinajstić information content (AvgIpc) is 2.65. The number of nitrogens with one attached hydrogen (secondary N) is 1. The van der Waals surface area contributed by atoms with Crippen molar-refractivity contribution < 1.29 is 9.53 Å². The number of nitrogens with zero attached hydrogens (tertiary/aromatic N) is 4. The van der Waals surface area contributed by atoms with E-state index >= 15 is 0 Å². The maximum atomic E-state index is 12.0. The maximum Gasteiger partial charge on any atom is 0.230 e. The minimum atomic E-state index is -0.00931. The zero-order chi connectivity index (χ0) is 18.8. The third-order valence-corrected chi connectivity index (χ3v) is 5.20. The van der Waals surface area contributed by atoms with Crippen molar-refractivity contribution in [3.63, 3.8) is 0 Å². The van der Waals surface area contributed by atoms with Gasteiger partial charge in [0, 0.05) is 38.8 Å². The summed E-state index contributed by atoms with van der Waals surface area (Å²) in [5.41, 5.74) is 0. The molecule has 146 valence electrons. The molecule has 0 aromatic carbocycles. The third-order valence-electron chi connectivity index (χ3n) is 4.16. The van der Waals surface area contributed by atoms with E-state index < -0.39 is 0 Å². The maximum absolute atomic E-state index is 12.0. The first kappa shape index (κ1) is 21.2. The molecule has 1 aliphatic heterocycles. The highest BCUT2D eigenvalue weighted by atomic mass is 35.5. The normalized spacial score (nSPS) is 15.0. The molecule has 9 heteroatoms. The lowest BCUT2D eigenvalue weighted by Gasteiger charge is -2.26. The molecule has 0 bridgehead atoms. The number of anilines is 1. The smallest absolute Gasteiger partial charge is 0.230 e. The van der Waals surface area contributed by atoms with Crippen molar-refractivity contribution in [3.05, 3.63) is 11.2 Å². The van der Waals surface area contributed by atoms with Gasteiger partial charge < -0.3 is 15.0 Å². The van der Waals surface area contributed by atoms with Crippen molar-refractivity contribution in [2.24, 2.45) is 0 Å². The standard InChI is InChI=1S/C17H28ClN5O2S/c1-3-23(4-2)15-12-14(18)20-17(21-15)26-13-16(24)19-6-5-7-22-8-10-25-11-9-22/h12H,3-11,13H2,1-2H3,(H,19,24). The fourth-order valence-electron chi connectivity index (χ4n) is 2.70. The van der Waals surface area contributed by atoms with Crippen LogP contribution in [0.2, 0.25) is 5.15 Å². The Balaban J connectivity index is 1.71. The number of carbonyl (C=O) groups is 1. The van der Waals surface area contributed by atoms with E-state index in [1.165, 1.54) is 11.8 Å². The van der Waals surface area contributed by atoms with E-state index in [1.807, 2.05) is 0 Å². The molecule has 1 amide bonds. The molecule has 1 aromatic heterocycles. The summed E-state index contributed by atoms with van der Waals surface area (Å²) < 4.78 is 5.33. The second kappa shape index (κ2) is 11.6. The van der Waals surface area contributed by atoms with Crippen LogP contribution in [0.4, 0.5) is 5.82 Å². The van der Waals surface area contributed by atoms with Crippen molar-refractivity contribution in [2.45, 2.75) is 25.4 Å². The van der Waals surface area contributed by atoms with E-state index in [1.54, 1.807) is 6.07 Å². The highest BCUT2D eigenvalue weighted by Crippen LogP contribution is 2.21. The number of amides is 1. The van der Waals surface area contributed by atoms with E-state index in [0.29, 0.717) is 16.9 Å². The van der Waals surface area contributed by atoms with Gasteiger partial charge >= 0.3 is 0 Å². The van der Waals surface area contributed by atoms with Gasteiger partial charge in [-0.1, -0.05) is 23.4 Å². The van der Waals surface area contributed by atoms with Gasteiger partial charge in [0.15, 0.2) is 5.16 Å². The molecule has 0 spiro atoms. The molecule has 1 N–H and O–H groups in total.